The van der Waals surface area contributed by atoms with Crippen LogP contribution in [-0.4, -0.2) is 9.13 Å². The summed E-state index contributed by atoms with van der Waals surface area (Å²) in [6.07, 6.45) is 0. The molecular formula is C37H21N3S. The number of thiophene rings is 1. The van der Waals surface area contributed by atoms with Gasteiger partial charge in [-0.3, -0.25) is 0 Å². The Kier molecular flexibility index (Phi) is 4.55. The number of aromatic nitrogens is 2. The molecule has 41 heavy (non-hydrogen) atoms. The van der Waals surface area contributed by atoms with Crippen molar-refractivity contribution in [2.24, 2.45) is 0 Å². The molecule has 0 amide bonds. The Balaban J connectivity index is 1.41. The second-order valence-corrected chi connectivity index (χ2v) is 11.6. The molecule has 0 fully saturated rings. The van der Waals surface area contributed by atoms with Gasteiger partial charge in [-0.15, -0.1) is 11.3 Å². The highest BCUT2D eigenvalue weighted by atomic mass is 32.1. The lowest BCUT2D eigenvalue weighted by molar-refractivity contribution is 1.12. The van der Waals surface area contributed by atoms with Crippen molar-refractivity contribution in [2.45, 2.75) is 0 Å². The van der Waals surface area contributed by atoms with Gasteiger partial charge in [0, 0.05) is 41.7 Å². The van der Waals surface area contributed by atoms with Crippen molar-refractivity contribution in [3.8, 4) is 17.4 Å². The fourth-order valence-corrected chi connectivity index (χ4v) is 7.77. The summed E-state index contributed by atoms with van der Waals surface area (Å²) >= 11 is 1.82. The van der Waals surface area contributed by atoms with E-state index < -0.39 is 0 Å². The predicted molar refractivity (Wildman–Crippen MR) is 173 cm³/mol. The van der Waals surface area contributed by atoms with E-state index in [0.29, 0.717) is 5.56 Å². The van der Waals surface area contributed by atoms with Crippen molar-refractivity contribution in [3.63, 3.8) is 0 Å². The smallest absolute Gasteiger partial charge is 0.104 e. The molecule has 3 aromatic heterocycles. The van der Waals surface area contributed by atoms with Crippen LogP contribution in [0.2, 0.25) is 0 Å². The number of rotatable bonds is 2. The van der Waals surface area contributed by atoms with Gasteiger partial charge in [0.2, 0.25) is 0 Å². The molecule has 3 nitrogen and oxygen atoms in total. The maximum absolute atomic E-state index is 10.8. The molecule has 4 heteroatoms. The van der Waals surface area contributed by atoms with Gasteiger partial charge in [0.05, 0.1) is 33.4 Å². The van der Waals surface area contributed by atoms with Gasteiger partial charge in [0.15, 0.2) is 0 Å². The van der Waals surface area contributed by atoms with E-state index in [1.54, 1.807) is 0 Å². The third-order valence-corrected chi connectivity index (χ3v) is 9.50. The third-order valence-electron chi connectivity index (χ3n) is 8.37. The minimum Gasteiger partial charge on any atom is -0.308 e. The summed E-state index contributed by atoms with van der Waals surface area (Å²) in [5, 5.41) is 18.1. The Morgan fingerprint density at radius 3 is 1.56 bits per heavy atom. The summed E-state index contributed by atoms with van der Waals surface area (Å²) < 4.78 is 7.06. The molecule has 0 unspecified atom stereocenters. The van der Waals surface area contributed by atoms with Gasteiger partial charge >= 0.3 is 0 Å². The van der Waals surface area contributed by atoms with Crippen molar-refractivity contribution in [3.05, 3.63) is 133 Å². The number of nitriles is 1. The van der Waals surface area contributed by atoms with Crippen molar-refractivity contribution < 1.29 is 0 Å². The first-order chi connectivity index (χ1) is 20.3. The number of para-hydroxylation sites is 3. The van der Waals surface area contributed by atoms with Crippen LogP contribution in [0.3, 0.4) is 0 Å². The van der Waals surface area contributed by atoms with Crippen LogP contribution in [0.15, 0.2) is 127 Å². The number of nitrogens with zero attached hydrogens (tertiary/aromatic N) is 3. The third kappa shape index (κ3) is 3.01. The normalized spacial score (nSPS) is 11.9. The number of benzene rings is 6. The zero-order chi connectivity index (χ0) is 27.1. The minimum atomic E-state index is 0.651. The summed E-state index contributed by atoms with van der Waals surface area (Å²) in [7, 11) is 0. The highest BCUT2D eigenvalue weighted by Crippen LogP contribution is 2.42. The van der Waals surface area contributed by atoms with Crippen LogP contribution in [0.25, 0.3) is 75.2 Å². The number of fused-ring (bicyclic) bond motifs is 9. The Bertz CT molecular complexity index is 2500. The monoisotopic (exact) mass is 539 g/mol. The molecule has 0 aliphatic rings. The Morgan fingerprint density at radius 2 is 0.951 bits per heavy atom. The first-order valence-electron chi connectivity index (χ1n) is 13.7. The van der Waals surface area contributed by atoms with E-state index >= 15 is 0 Å². The summed E-state index contributed by atoms with van der Waals surface area (Å²) in [5.74, 6) is 0. The molecular weight excluding hydrogens is 518 g/mol. The lowest BCUT2D eigenvalue weighted by Gasteiger charge is -2.15. The van der Waals surface area contributed by atoms with Crippen molar-refractivity contribution in [1.82, 2.24) is 9.13 Å². The van der Waals surface area contributed by atoms with E-state index in [0.717, 1.165) is 33.4 Å². The topological polar surface area (TPSA) is 33.6 Å². The molecule has 190 valence electrons. The van der Waals surface area contributed by atoms with Gasteiger partial charge in [0.1, 0.15) is 11.6 Å². The quantitative estimate of drug-likeness (QED) is 0.215. The van der Waals surface area contributed by atoms with E-state index in [9.17, 15) is 5.26 Å². The molecule has 9 rings (SSSR count). The van der Waals surface area contributed by atoms with Crippen LogP contribution >= 0.6 is 11.3 Å². The molecule has 9 aromatic rings. The molecule has 0 saturated heterocycles. The van der Waals surface area contributed by atoms with Gasteiger partial charge in [-0.05, 0) is 48.5 Å². The Morgan fingerprint density at radius 1 is 0.439 bits per heavy atom. The molecule has 0 aliphatic carbocycles. The fraction of sp³-hybridized carbons (Fsp3) is 0. The summed E-state index contributed by atoms with van der Waals surface area (Å²) in [5.41, 5.74) is 6.82. The average Bonchev–Trinajstić information content (AvgIpc) is 3.67. The Labute approximate surface area is 239 Å². The van der Waals surface area contributed by atoms with Gasteiger partial charge in [-0.2, -0.15) is 5.26 Å². The second-order valence-electron chi connectivity index (χ2n) is 10.5. The van der Waals surface area contributed by atoms with Gasteiger partial charge in [-0.1, -0.05) is 78.9 Å². The summed E-state index contributed by atoms with van der Waals surface area (Å²) in [6.45, 7) is 0. The molecule has 0 spiro atoms. The van der Waals surface area contributed by atoms with Crippen LogP contribution in [0.5, 0.6) is 0 Å². The molecule has 6 aromatic carbocycles. The molecule has 0 N–H and O–H groups in total. The predicted octanol–water partition coefficient (Wildman–Crippen LogP) is 10.1. The maximum atomic E-state index is 10.8. The first kappa shape index (κ1) is 22.4. The van der Waals surface area contributed by atoms with E-state index in [-0.39, 0.29) is 0 Å². The van der Waals surface area contributed by atoms with Crippen LogP contribution in [0.1, 0.15) is 5.56 Å². The van der Waals surface area contributed by atoms with Crippen LogP contribution in [-0.2, 0) is 0 Å². The van der Waals surface area contributed by atoms with Crippen molar-refractivity contribution in [1.29, 1.82) is 5.26 Å². The van der Waals surface area contributed by atoms with Crippen molar-refractivity contribution in [2.75, 3.05) is 0 Å². The molecule has 0 saturated carbocycles. The zero-order valence-corrected chi connectivity index (χ0v) is 22.7. The highest BCUT2D eigenvalue weighted by Gasteiger charge is 2.21. The largest absolute Gasteiger partial charge is 0.308 e. The molecule has 0 bridgehead atoms. The maximum Gasteiger partial charge on any atom is 0.104 e. The first-order valence-corrected chi connectivity index (χ1v) is 14.5. The van der Waals surface area contributed by atoms with Gasteiger partial charge in [-0.25, -0.2) is 0 Å². The standard InChI is InChI=1S/C37H21N3S/c38-22-29-33(39-30-14-5-1-10-23(30)24-11-2-6-15-31(24)39)17-9-18-34(29)40-32-16-7-3-12-25(32)27-20-28-26-13-4-8-19-36(26)41-37(28)21-35(27)40/h1-21H. The molecule has 0 radical (unpaired) electrons. The Hall–Kier alpha value is -5.37. The lowest BCUT2D eigenvalue weighted by Crippen LogP contribution is -2.03. The number of hydrogen-bond acceptors (Lipinski definition) is 2. The lowest BCUT2D eigenvalue weighted by atomic mass is 10.1. The zero-order valence-electron chi connectivity index (χ0n) is 21.9. The number of hydrogen-bond donors (Lipinski definition) is 0. The van der Waals surface area contributed by atoms with E-state index in [2.05, 4.69) is 143 Å². The van der Waals surface area contributed by atoms with Crippen molar-refractivity contribution >= 4 is 75.1 Å². The second kappa shape index (κ2) is 8.32. The fourth-order valence-electron chi connectivity index (χ4n) is 6.64. The van der Waals surface area contributed by atoms with Crippen LogP contribution in [0.4, 0.5) is 0 Å². The van der Waals surface area contributed by atoms with Crippen LogP contribution in [0, 0.1) is 11.3 Å². The SMILES string of the molecule is N#Cc1c(-n2c3ccccc3c3ccccc32)cccc1-n1c2ccccc2c2cc3c(cc21)sc1ccccc13. The summed E-state index contributed by atoms with van der Waals surface area (Å²) in [6, 6.07) is 47.5. The molecule has 0 atom stereocenters. The van der Waals surface area contributed by atoms with E-state index in [4.69, 9.17) is 0 Å². The molecule has 0 aliphatic heterocycles. The average molecular weight is 540 g/mol. The minimum absolute atomic E-state index is 0.651. The van der Waals surface area contributed by atoms with Gasteiger partial charge in [0.25, 0.3) is 0 Å². The van der Waals surface area contributed by atoms with Crippen LogP contribution < -0.4 is 0 Å². The van der Waals surface area contributed by atoms with Gasteiger partial charge < -0.3 is 9.13 Å². The highest BCUT2D eigenvalue weighted by molar-refractivity contribution is 7.25. The van der Waals surface area contributed by atoms with E-state index in [1.165, 1.54) is 41.7 Å². The van der Waals surface area contributed by atoms with E-state index in [1.807, 2.05) is 11.3 Å². The molecule has 3 heterocycles. The summed E-state index contributed by atoms with van der Waals surface area (Å²) in [4.78, 5) is 0.